The first-order valence-corrected chi connectivity index (χ1v) is 6.50. The maximum absolute atomic E-state index is 13.8. The Hall–Kier alpha value is -1.86. The molecule has 0 bridgehead atoms. The zero-order valence-corrected chi connectivity index (χ0v) is 10.8. The van der Waals surface area contributed by atoms with Crippen molar-refractivity contribution in [3.8, 4) is 11.8 Å². The summed E-state index contributed by atoms with van der Waals surface area (Å²) in [5, 5.41) is 0. The van der Waals surface area contributed by atoms with E-state index in [1.165, 1.54) is 12.1 Å². The Labute approximate surface area is 112 Å². The fourth-order valence-corrected chi connectivity index (χ4v) is 2.18. The Morgan fingerprint density at radius 1 is 1.32 bits per heavy atom. The SMILES string of the molecule is NCC#Cc1ccc(C(=O)N2CCCCC2)cc1F. The van der Waals surface area contributed by atoms with E-state index in [1.807, 2.05) is 0 Å². The summed E-state index contributed by atoms with van der Waals surface area (Å²) in [5.74, 6) is 4.67. The quantitative estimate of drug-likeness (QED) is 0.782. The Morgan fingerprint density at radius 3 is 2.68 bits per heavy atom. The molecule has 1 fully saturated rings. The molecule has 1 amide bonds. The van der Waals surface area contributed by atoms with Crippen LogP contribution in [0.2, 0.25) is 0 Å². The molecule has 1 aromatic carbocycles. The van der Waals surface area contributed by atoms with Crippen molar-refractivity contribution in [1.82, 2.24) is 4.90 Å². The number of hydrogen-bond acceptors (Lipinski definition) is 2. The fraction of sp³-hybridized carbons (Fsp3) is 0.400. The lowest BCUT2D eigenvalue weighted by molar-refractivity contribution is 0.0724. The molecular weight excluding hydrogens is 243 g/mol. The molecule has 1 aliphatic rings. The van der Waals surface area contributed by atoms with Gasteiger partial charge in [0.25, 0.3) is 5.91 Å². The van der Waals surface area contributed by atoms with Crippen LogP contribution in [0, 0.1) is 17.7 Å². The second-order valence-electron chi connectivity index (χ2n) is 4.55. The number of amides is 1. The number of carbonyl (C=O) groups excluding carboxylic acids is 1. The summed E-state index contributed by atoms with van der Waals surface area (Å²) in [6, 6.07) is 4.42. The van der Waals surface area contributed by atoms with Crippen LogP contribution < -0.4 is 5.73 Å². The Bertz CT molecular complexity index is 525. The topological polar surface area (TPSA) is 46.3 Å². The standard InChI is InChI=1S/C15H17FN2O/c16-14-11-13(7-6-12(14)5-4-8-17)15(19)18-9-2-1-3-10-18/h6-7,11H,1-3,8-10,17H2. The predicted octanol–water partition coefficient (Wildman–Crippen LogP) is 1.76. The van der Waals surface area contributed by atoms with E-state index in [-0.39, 0.29) is 18.0 Å². The molecule has 0 spiro atoms. The summed E-state index contributed by atoms with van der Waals surface area (Å²) in [4.78, 5) is 14.0. The number of likely N-dealkylation sites (tertiary alicyclic amines) is 1. The molecule has 0 aromatic heterocycles. The molecule has 0 atom stereocenters. The Morgan fingerprint density at radius 2 is 2.05 bits per heavy atom. The molecule has 100 valence electrons. The van der Waals surface area contributed by atoms with Gasteiger partial charge in [-0.05, 0) is 37.5 Å². The number of rotatable bonds is 1. The lowest BCUT2D eigenvalue weighted by Crippen LogP contribution is -2.35. The van der Waals surface area contributed by atoms with Crippen LogP contribution in [0.25, 0.3) is 0 Å². The van der Waals surface area contributed by atoms with Gasteiger partial charge in [-0.25, -0.2) is 4.39 Å². The number of nitrogens with two attached hydrogens (primary N) is 1. The highest BCUT2D eigenvalue weighted by molar-refractivity contribution is 5.94. The molecule has 1 aliphatic heterocycles. The van der Waals surface area contributed by atoms with Gasteiger partial charge in [-0.1, -0.05) is 11.8 Å². The first kappa shape index (κ1) is 13.6. The van der Waals surface area contributed by atoms with Crippen molar-refractivity contribution in [2.24, 2.45) is 5.73 Å². The van der Waals surface area contributed by atoms with Crippen LogP contribution in [0.4, 0.5) is 4.39 Å². The lowest BCUT2D eigenvalue weighted by Gasteiger charge is -2.26. The van der Waals surface area contributed by atoms with Crippen molar-refractivity contribution in [3.05, 3.63) is 35.1 Å². The van der Waals surface area contributed by atoms with Gasteiger partial charge >= 0.3 is 0 Å². The van der Waals surface area contributed by atoms with Gasteiger partial charge in [0.2, 0.25) is 0 Å². The second-order valence-corrected chi connectivity index (χ2v) is 4.55. The first-order valence-electron chi connectivity index (χ1n) is 6.50. The highest BCUT2D eigenvalue weighted by atomic mass is 19.1. The molecule has 0 saturated carbocycles. The fourth-order valence-electron chi connectivity index (χ4n) is 2.18. The van der Waals surface area contributed by atoms with Crippen molar-refractivity contribution in [3.63, 3.8) is 0 Å². The first-order chi connectivity index (χ1) is 9.22. The minimum Gasteiger partial charge on any atom is -0.339 e. The smallest absolute Gasteiger partial charge is 0.253 e. The molecule has 19 heavy (non-hydrogen) atoms. The zero-order valence-electron chi connectivity index (χ0n) is 10.8. The molecule has 2 rings (SSSR count). The van der Waals surface area contributed by atoms with Crippen molar-refractivity contribution < 1.29 is 9.18 Å². The van der Waals surface area contributed by atoms with Crippen LogP contribution in [0.5, 0.6) is 0 Å². The van der Waals surface area contributed by atoms with E-state index in [1.54, 1.807) is 11.0 Å². The molecule has 2 N–H and O–H groups in total. The van der Waals surface area contributed by atoms with Crippen LogP contribution in [0.3, 0.4) is 0 Å². The van der Waals surface area contributed by atoms with Crippen LogP contribution in [-0.4, -0.2) is 30.4 Å². The van der Waals surface area contributed by atoms with Gasteiger partial charge in [0.05, 0.1) is 12.1 Å². The summed E-state index contributed by atoms with van der Waals surface area (Å²) in [6.07, 6.45) is 3.20. The van der Waals surface area contributed by atoms with E-state index in [2.05, 4.69) is 11.8 Å². The molecule has 1 aromatic rings. The van der Waals surface area contributed by atoms with Gasteiger partial charge in [-0.15, -0.1) is 0 Å². The third kappa shape index (κ3) is 3.33. The normalized spacial score (nSPS) is 14.7. The number of piperidine rings is 1. The van der Waals surface area contributed by atoms with E-state index >= 15 is 0 Å². The van der Waals surface area contributed by atoms with E-state index in [0.29, 0.717) is 5.56 Å². The Balaban J connectivity index is 2.16. The summed E-state index contributed by atoms with van der Waals surface area (Å²) in [5.41, 5.74) is 5.91. The van der Waals surface area contributed by atoms with Gasteiger partial charge in [0.1, 0.15) is 5.82 Å². The van der Waals surface area contributed by atoms with Crippen molar-refractivity contribution in [2.75, 3.05) is 19.6 Å². The highest BCUT2D eigenvalue weighted by Crippen LogP contribution is 2.15. The number of nitrogens with zero attached hydrogens (tertiary/aromatic N) is 1. The molecule has 3 nitrogen and oxygen atoms in total. The monoisotopic (exact) mass is 260 g/mol. The van der Waals surface area contributed by atoms with Gasteiger partial charge in [0.15, 0.2) is 0 Å². The summed E-state index contributed by atoms with van der Waals surface area (Å²) in [6.45, 7) is 1.71. The number of halogens is 1. The van der Waals surface area contributed by atoms with Gasteiger partial charge in [0, 0.05) is 18.7 Å². The molecule has 0 radical (unpaired) electrons. The van der Waals surface area contributed by atoms with Gasteiger partial charge in [-0.2, -0.15) is 0 Å². The number of carbonyl (C=O) groups is 1. The average molecular weight is 260 g/mol. The van der Waals surface area contributed by atoms with E-state index in [9.17, 15) is 9.18 Å². The van der Waals surface area contributed by atoms with E-state index in [4.69, 9.17) is 5.73 Å². The summed E-state index contributed by atoms with van der Waals surface area (Å²) >= 11 is 0. The summed E-state index contributed by atoms with van der Waals surface area (Å²) in [7, 11) is 0. The zero-order chi connectivity index (χ0) is 13.7. The van der Waals surface area contributed by atoms with Crippen molar-refractivity contribution in [2.45, 2.75) is 19.3 Å². The predicted molar refractivity (Wildman–Crippen MR) is 72.1 cm³/mol. The lowest BCUT2D eigenvalue weighted by atomic mass is 10.1. The highest BCUT2D eigenvalue weighted by Gasteiger charge is 2.18. The Kier molecular flexibility index (Phi) is 4.53. The van der Waals surface area contributed by atoms with Crippen LogP contribution >= 0.6 is 0 Å². The van der Waals surface area contributed by atoms with Gasteiger partial charge in [-0.3, -0.25) is 4.79 Å². The summed E-state index contributed by atoms with van der Waals surface area (Å²) < 4.78 is 13.8. The van der Waals surface area contributed by atoms with Crippen LogP contribution in [0.15, 0.2) is 18.2 Å². The minimum absolute atomic E-state index is 0.100. The molecule has 1 heterocycles. The largest absolute Gasteiger partial charge is 0.339 e. The third-order valence-electron chi connectivity index (χ3n) is 3.18. The second kappa shape index (κ2) is 6.35. The van der Waals surface area contributed by atoms with Crippen LogP contribution in [-0.2, 0) is 0 Å². The van der Waals surface area contributed by atoms with E-state index in [0.717, 1.165) is 32.4 Å². The number of hydrogen-bond donors (Lipinski definition) is 1. The minimum atomic E-state index is -0.469. The molecule has 0 unspecified atom stereocenters. The molecule has 1 saturated heterocycles. The molecule has 4 heteroatoms. The third-order valence-corrected chi connectivity index (χ3v) is 3.18. The van der Waals surface area contributed by atoms with Crippen LogP contribution in [0.1, 0.15) is 35.2 Å². The molecular formula is C15H17FN2O. The molecule has 0 aliphatic carbocycles. The number of benzene rings is 1. The van der Waals surface area contributed by atoms with Gasteiger partial charge < -0.3 is 10.6 Å². The maximum atomic E-state index is 13.8. The average Bonchev–Trinajstić information content (AvgIpc) is 2.46. The maximum Gasteiger partial charge on any atom is 0.253 e. The van der Waals surface area contributed by atoms with Crippen molar-refractivity contribution in [1.29, 1.82) is 0 Å². The van der Waals surface area contributed by atoms with Crippen molar-refractivity contribution >= 4 is 5.91 Å². The van der Waals surface area contributed by atoms with E-state index < -0.39 is 5.82 Å².